The first-order valence-electron chi connectivity index (χ1n) is 12.0. The second-order valence-corrected chi connectivity index (χ2v) is 9.46. The predicted octanol–water partition coefficient (Wildman–Crippen LogP) is 6.94. The number of hydrogen-bond acceptors (Lipinski definition) is 4. The fourth-order valence-electron chi connectivity index (χ4n) is 4.98. The summed E-state index contributed by atoms with van der Waals surface area (Å²) in [5.41, 5.74) is 5.00. The van der Waals surface area contributed by atoms with Crippen molar-refractivity contribution in [3.63, 3.8) is 0 Å². The van der Waals surface area contributed by atoms with Gasteiger partial charge in [-0.1, -0.05) is 30.3 Å². The number of benzene rings is 2. The van der Waals surface area contributed by atoms with Crippen molar-refractivity contribution in [3.05, 3.63) is 59.0 Å². The summed E-state index contributed by atoms with van der Waals surface area (Å²) in [5.74, 6) is 1.11. The largest absolute Gasteiger partial charge is 0.484 e. The van der Waals surface area contributed by atoms with Crippen molar-refractivity contribution in [2.45, 2.75) is 58.8 Å². The third kappa shape index (κ3) is 5.61. The van der Waals surface area contributed by atoms with Gasteiger partial charge in [-0.15, -0.1) is 0 Å². The topological polar surface area (TPSA) is 87.6 Å². The number of aliphatic carboxylic acids is 1. The fourth-order valence-corrected chi connectivity index (χ4v) is 4.98. The second-order valence-electron chi connectivity index (χ2n) is 9.46. The van der Waals surface area contributed by atoms with Crippen LogP contribution < -0.4 is 0 Å². The maximum Gasteiger partial charge on any atom is 0.303 e. The zero-order chi connectivity index (χ0) is 25.1. The van der Waals surface area contributed by atoms with Gasteiger partial charge in [-0.25, -0.2) is 9.37 Å². The van der Waals surface area contributed by atoms with Crippen molar-refractivity contribution in [2.75, 3.05) is 7.11 Å². The van der Waals surface area contributed by atoms with Crippen molar-refractivity contribution in [1.29, 1.82) is 0 Å². The summed E-state index contributed by atoms with van der Waals surface area (Å²) in [5, 5.41) is 9.02. The van der Waals surface area contributed by atoms with Gasteiger partial charge in [0.15, 0.2) is 11.7 Å². The van der Waals surface area contributed by atoms with Gasteiger partial charge in [-0.2, -0.15) is 4.99 Å². The van der Waals surface area contributed by atoms with Crippen molar-refractivity contribution in [1.82, 2.24) is 9.97 Å². The minimum absolute atomic E-state index is 0.269. The van der Waals surface area contributed by atoms with Gasteiger partial charge in [0.25, 0.3) is 0 Å². The number of carboxylic acids is 1. The van der Waals surface area contributed by atoms with Crippen LogP contribution in [0, 0.1) is 25.6 Å². The molecule has 0 bridgehead atoms. The van der Waals surface area contributed by atoms with Crippen LogP contribution in [0.2, 0.25) is 0 Å². The quantitative estimate of drug-likeness (QED) is 0.297. The molecule has 0 amide bonds. The molecule has 1 saturated carbocycles. The summed E-state index contributed by atoms with van der Waals surface area (Å²) in [4.78, 5) is 22.9. The monoisotopic (exact) mass is 477 g/mol. The van der Waals surface area contributed by atoms with Crippen molar-refractivity contribution in [2.24, 2.45) is 10.9 Å². The van der Waals surface area contributed by atoms with Crippen LogP contribution in [-0.4, -0.2) is 34.1 Å². The van der Waals surface area contributed by atoms with Crippen LogP contribution in [-0.2, 0) is 9.53 Å². The Balaban J connectivity index is 1.52. The minimum Gasteiger partial charge on any atom is -0.484 e. The van der Waals surface area contributed by atoms with Crippen LogP contribution in [0.25, 0.3) is 22.5 Å². The lowest BCUT2D eigenvalue weighted by Gasteiger charge is -2.28. The number of aromatic nitrogens is 2. The Morgan fingerprint density at radius 2 is 1.83 bits per heavy atom. The molecule has 4 rings (SSSR count). The first-order valence-corrected chi connectivity index (χ1v) is 12.0. The molecule has 0 unspecified atom stereocenters. The third-order valence-corrected chi connectivity index (χ3v) is 6.97. The van der Waals surface area contributed by atoms with E-state index in [1.165, 1.54) is 5.56 Å². The SMILES string of the molecule is COC(C)=Nc1nc(-c2c(C)cc(-c3ccc(C4CCC(CC(=O)O)CC4)cc3)cc2F)[nH]c1C. The van der Waals surface area contributed by atoms with E-state index < -0.39 is 5.97 Å². The molecule has 1 aliphatic rings. The number of aromatic amines is 1. The number of carboxylic acid groups (broad SMARTS) is 1. The van der Waals surface area contributed by atoms with Crippen molar-refractivity contribution in [3.8, 4) is 22.5 Å². The zero-order valence-corrected chi connectivity index (χ0v) is 20.7. The number of imidazole rings is 1. The van der Waals surface area contributed by atoms with E-state index in [1.54, 1.807) is 20.1 Å². The Kier molecular flexibility index (Phi) is 7.34. The molecular weight excluding hydrogens is 445 g/mol. The number of aryl methyl sites for hydroxylation is 2. The molecule has 0 aliphatic heterocycles. The molecule has 7 heteroatoms. The van der Waals surface area contributed by atoms with Crippen LogP contribution in [0.4, 0.5) is 10.2 Å². The second kappa shape index (κ2) is 10.4. The molecule has 0 atom stereocenters. The van der Waals surface area contributed by atoms with E-state index in [0.29, 0.717) is 29.0 Å². The van der Waals surface area contributed by atoms with Gasteiger partial charge in [-0.3, -0.25) is 4.79 Å². The number of H-pyrrole nitrogens is 1. The molecule has 184 valence electrons. The van der Waals surface area contributed by atoms with Crippen molar-refractivity contribution < 1.29 is 19.0 Å². The molecule has 3 aromatic rings. The number of nitrogens with zero attached hydrogens (tertiary/aromatic N) is 2. The summed E-state index contributed by atoms with van der Waals surface area (Å²) in [6, 6.07) is 11.9. The normalized spacial score (nSPS) is 18.5. The Bertz CT molecular complexity index is 1220. The van der Waals surface area contributed by atoms with E-state index >= 15 is 4.39 Å². The van der Waals surface area contributed by atoms with Crippen molar-refractivity contribution >= 4 is 17.7 Å². The van der Waals surface area contributed by atoms with E-state index in [0.717, 1.165) is 48.1 Å². The highest BCUT2D eigenvalue weighted by Crippen LogP contribution is 2.38. The lowest BCUT2D eigenvalue weighted by molar-refractivity contribution is -0.138. The van der Waals surface area contributed by atoms with Crippen LogP contribution in [0.5, 0.6) is 0 Å². The summed E-state index contributed by atoms with van der Waals surface area (Å²) in [6.45, 7) is 5.47. The van der Waals surface area contributed by atoms with Gasteiger partial charge in [0.1, 0.15) is 11.6 Å². The Hall–Kier alpha value is -3.48. The maximum absolute atomic E-state index is 15.3. The zero-order valence-electron chi connectivity index (χ0n) is 20.7. The van der Waals surface area contributed by atoms with Gasteiger partial charge in [-0.05, 0) is 79.7 Å². The molecule has 0 saturated heterocycles. The molecule has 1 aromatic heterocycles. The van der Waals surface area contributed by atoms with Gasteiger partial charge in [0.05, 0.1) is 18.4 Å². The molecule has 1 heterocycles. The smallest absolute Gasteiger partial charge is 0.303 e. The Labute approximate surface area is 205 Å². The molecule has 1 aliphatic carbocycles. The van der Waals surface area contributed by atoms with E-state index in [1.807, 2.05) is 32.0 Å². The molecule has 2 N–H and O–H groups in total. The molecule has 1 fully saturated rings. The first kappa shape index (κ1) is 24.6. The minimum atomic E-state index is -0.705. The average Bonchev–Trinajstić information content (AvgIpc) is 3.18. The maximum atomic E-state index is 15.3. The number of hydrogen-bond donors (Lipinski definition) is 2. The van der Waals surface area contributed by atoms with Crippen LogP contribution in [0.3, 0.4) is 0 Å². The van der Waals surface area contributed by atoms with Gasteiger partial charge in [0, 0.05) is 13.3 Å². The molecular formula is C28H32FN3O3. The highest BCUT2D eigenvalue weighted by atomic mass is 19.1. The average molecular weight is 478 g/mol. The highest BCUT2D eigenvalue weighted by molar-refractivity contribution is 5.77. The lowest BCUT2D eigenvalue weighted by atomic mass is 9.77. The summed E-state index contributed by atoms with van der Waals surface area (Å²) < 4.78 is 20.4. The summed E-state index contributed by atoms with van der Waals surface area (Å²) in [7, 11) is 1.55. The number of rotatable bonds is 6. The highest BCUT2D eigenvalue weighted by Gasteiger charge is 2.24. The number of ether oxygens (including phenoxy) is 1. The molecule has 2 aromatic carbocycles. The van der Waals surface area contributed by atoms with Gasteiger partial charge < -0.3 is 14.8 Å². The number of carbonyl (C=O) groups is 1. The number of aliphatic imine (C=N–C) groups is 1. The van der Waals surface area contributed by atoms with Crippen LogP contribution in [0.15, 0.2) is 41.4 Å². The van der Waals surface area contributed by atoms with Gasteiger partial charge >= 0.3 is 5.97 Å². The van der Waals surface area contributed by atoms with Gasteiger partial charge in [0.2, 0.25) is 0 Å². The van der Waals surface area contributed by atoms with Crippen LogP contribution >= 0.6 is 0 Å². The first-order chi connectivity index (χ1) is 16.7. The van der Waals surface area contributed by atoms with E-state index in [9.17, 15) is 4.79 Å². The number of halogens is 1. The standard InChI is InChI=1S/C28H32FN3O3/c1-16-13-23(15-24(29)26(16)28-30-17(2)27(32-28)31-18(3)35-4)22-11-9-21(10-12-22)20-7-5-19(6-8-20)14-25(33)34/h9-13,15,19-20H,5-8,14H2,1-4H3,(H,30,32)(H,33,34). The van der Waals surface area contributed by atoms with Crippen LogP contribution in [0.1, 0.15) is 61.8 Å². The van der Waals surface area contributed by atoms with E-state index in [-0.39, 0.29) is 18.2 Å². The third-order valence-electron chi connectivity index (χ3n) is 6.97. The molecule has 6 nitrogen and oxygen atoms in total. The Morgan fingerprint density at radius 3 is 2.43 bits per heavy atom. The van der Waals surface area contributed by atoms with E-state index in [4.69, 9.17) is 9.84 Å². The number of methoxy groups -OCH3 is 1. The summed E-state index contributed by atoms with van der Waals surface area (Å²) in [6.07, 6.45) is 4.20. The predicted molar refractivity (Wildman–Crippen MR) is 136 cm³/mol. The Morgan fingerprint density at radius 1 is 1.14 bits per heavy atom. The number of nitrogens with one attached hydrogen (secondary N) is 1. The summed E-state index contributed by atoms with van der Waals surface area (Å²) >= 11 is 0. The lowest BCUT2D eigenvalue weighted by Crippen LogP contribution is -2.16. The fraction of sp³-hybridized carbons (Fsp3) is 0.393. The molecule has 0 radical (unpaired) electrons. The van der Waals surface area contributed by atoms with E-state index in [2.05, 4.69) is 27.1 Å². The molecule has 35 heavy (non-hydrogen) atoms. The molecule has 0 spiro atoms.